The molecule has 2 rings (SSSR count). The topological polar surface area (TPSA) is 52.3 Å². The molecular weight excluding hydrogens is 289 g/mol. The second-order valence-electron chi connectivity index (χ2n) is 4.55. The van der Waals surface area contributed by atoms with Crippen LogP contribution < -0.4 is 5.73 Å². The van der Waals surface area contributed by atoms with Gasteiger partial charge >= 0.3 is 5.97 Å². The first-order valence-electron chi connectivity index (χ1n) is 6.38. The number of thioether (sulfide) groups is 1. The van der Waals surface area contributed by atoms with Gasteiger partial charge in [-0.05, 0) is 17.7 Å². The number of nitrogens with two attached hydrogens (primary N) is 1. The van der Waals surface area contributed by atoms with Crippen LogP contribution in [0.2, 0.25) is 0 Å². The van der Waals surface area contributed by atoms with Gasteiger partial charge in [0.1, 0.15) is 11.4 Å². The minimum atomic E-state index is -1.32. The molecule has 5 heteroatoms. The van der Waals surface area contributed by atoms with Crippen LogP contribution >= 0.6 is 11.8 Å². The van der Waals surface area contributed by atoms with Crippen molar-refractivity contribution in [2.75, 3.05) is 12.9 Å². The fraction of sp³-hybridized carbons (Fsp3) is 0.188. The summed E-state index contributed by atoms with van der Waals surface area (Å²) in [7, 11) is 1.29. The molecule has 0 aliphatic heterocycles. The summed E-state index contributed by atoms with van der Waals surface area (Å²) in [5.74, 6) is -0.690. The first-order chi connectivity index (χ1) is 10.1. The van der Waals surface area contributed by atoms with Crippen LogP contribution in [0.15, 0.2) is 59.5 Å². The molecule has 0 heterocycles. The zero-order valence-corrected chi connectivity index (χ0v) is 12.4. The molecule has 1 unspecified atom stereocenters. The van der Waals surface area contributed by atoms with Gasteiger partial charge in [0.25, 0.3) is 0 Å². The van der Waals surface area contributed by atoms with Gasteiger partial charge in [-0.15, -0.1) is 11.8 Å². The molecule has 21 heavy (non-hydrogen) atoms. The molecule has 0 bridgehead atoms. The van der Waals surface area contributed by atoms with Gasteiger partial charge in [-0.3, -0.25) is 0 Å². The summed E-state index contributed by atoms with van der Waals surface area (Å²) in [5, 5.41) is 0. The van der Waals surface area contributed by atoms with Crippen LogP contribution in [0.5, 0.6) is 0 Å². The van der Waals surface area contributed by atoms with Crippen LogP contribution in [0.1, 0.15) is 5.56 Å². The quantitative estimate of drug-likeness (QED) is 0.681. The van der Waals surface area contributed by atoms with Gasteiger partial charge in [-0.25, -0.2) is 9.18 Å². The normalized spacial score (nSPS) is 13.5. The number of benzene rings is 2. The Kier molecular flexibility index (Phi) is 4.98. The van der Waals surface area contributed by atoms with Gasteiger partial charge in [0, 0.05) is 10.6 Å². The van der Waals surface area contributed by atoms with Gasteiger partial charge in [-0.2, -0.15) is 0 Å². The second kappa shape index (κ2) is 6.74. The zero-order valence-electron chi connectivity index (χ0n) is 11.6. The van der Waals surface area contributed by atoms with E-state index in [1.807, 2.05) is 6.07 Å². The Hall–Kier alpha value is -1.85. The molecular formula is C16H16FNO2S. The van der Waals surface area contributed by atoms with Crippen molar-refractivity contribution in [3.05, 3.63) is 66.0 Å². The molecule has 0 aliphatic carbocycles. The summed E-state index contributed by atoms with van der Waals surface area (Å²) in [6.45, 7) is 0. The fourth-order valence-corrected chi connectivity index (χ4v) is 2.98. The van der Waals surface area contributed by atoms with Gasteiger partial charge in [-0.1, -0.05) is 42.5 Å². The smallest absolute Gasteiger partial charge is 0.331 e. The molecule has 0 spiro atoms. The lowest BCUT2D eigenvalue weighted by atomic mass is 9.93. The van der Waals surface area contributed by atoms with Crippen LogP contribution in [0.3, 0.4) is 0 Å². The Morgan fingerprint density at radius 3 is 2.43 bits per heavy atom. The highest BCUT2D eigenvalue weighted by atomic mass is 32.2. The highest BCUT2D eigenvalue weighted by Crippen LogP contribution is 2.30. The van der Waals surface area contributed by atoms with Crippen molar-refractivity contribution in [2.24, 2.45) is 5.73 Å². The van der Waals surface area contributed by atoms with Gasteiger partial charge in [0.2, 0.25) is 0 Å². The average molecular weight is 305 g/mol. The molecule has 0 saturated carbocycles. The molecule has 1 atom stereocenters. The first kappa shape index (κ1) is 15.5. The highest BCUT2D eigenvalue weighted by molar-refractivity contribution is 7.99. The zero-order chi connectivity index (χ0) is 15.3. The largest absolute Gasteiger partial charge is 0.467 e. The van der Waals surface area contributed by atoms with Gasteiger partial charge in [0.15, 0.2) is 0 Å². The van der Waals surface area contributed by atoms with Crippen LogP contribution in [-0.4, -0.2) is 18.8 Å². The number of ether oxygens (including phenoxy) is 1. The third kappa shape index (κ3) is 3.43. The molecule has 0 aliphatic rings. The maximum Gasteiger partial charge on any atom is 0.331 e. The molecule has 0 amide bonds. The number of methoxy groups -OCH3 is 1. The van der Waals surface area contributed by atoms with Crippen molar-refractivity contribution in [3.8, 4) is 0 Å². The Morgan fingerprint density at radius 2 is 1.81 bits per heavy atom. The van der Waals surface area contributed by atoms with E-state index in [9.17, 15) is 9.18 Å². The fourth-order valence-electron chi connectivity index (χ4n) is 1.93. The summed E-state index contributed by atoms with van der Waals surface area (Å²) >= 11 is 1.19. The second-order valence-corrected chi connectivity index (χ2v) is 5.57. The predicted molar refractivity (Wildman–Crippen MR) is 81.4 cm³/mol. The van der Waals surface area contributed by atoms with Crippen LogP contribution in [0.25, 0.3) is 0 Å². The maximum atomic E-state index is 13.7. The highest BCUT2D eigenvalue weighted by Gasteiger charge is 2.37. The Balaban J connectivity index is 2.26. The van der Waals surface area contributed by atoms with Crippen molar-refractivity contribution in [2.45, 2.75) is 10.4 Å². The number of rotatable bonds is 5. The van der Waals surface area contributed by atoms with E-state index >= 15 is 0 Å². The lowest BCUT2D eigenvalue weighted by Gasteiger charge is -2.26. The summed E-state index contributed by atoms with van der Waals surface area (Å²) in [6, 6.07) is 15.4. The number of esters is 1. The van der Waals surface area contributed by atoms with Crippen molar-refractivity contribution in [3.63, 3.8) is 0 Å². The molecule has 2 aromatic carbocycles. The molecule has 2 N–H and O–H groups in total. The van der Waals surface area contributed by atoms with Crippen LogP contribution in [0, 0.1) is 5.82 Å². The predicted octanol–water partition coefficient (Wildman–Crippen LogP) is 2.95. The lowest BCUT2D eigenvalue weighted by molar-refractivity contribution is -0.146. The van der Waals surface area contributed by atoms with Crippen molar-refractivity contribution in [1.82, 2.24) is 0 Å². The van der Waals surface area contributed by atoms with Gasteiger partial charge < -0.3 is 10.5 Å². The molecule has 2 aromatic rings. The Labute approximate surface area is 127 Å². The monoisotopic (exact) mass is 305 g/mol. The van der Waals surface area contributed by atoms with Crippen molar-refractivity contribution >= 4 is 17.7 Å². The Morgan fingerprint density at radius 1 is 1.19 bits per heavy atom. The molecule has 0 radical (unpaired) electrons. The first-order valence-corrected chi connectivity index (χ1v) is 7.36. The summed E-state index contributed by atoms with van der Waals surface area (Å²) in [6.07, 6.45) is 0. The van der Waals surface area contributed by atoms with E-state index in [4.69, 9.17) is 10.5 Å². The molecule has 0 saturated heterocycles. The van der Waals surface area contributed by atoms with E-state index in [0.717, 1.165) is 0 Å². The number of halogens is 1. The summed E-state index contributed by atoms with van der Waals surface area (Å²) < 4.78 is 18.5. The van der Waals surface area contributed by atoms with Crippen LogP contribution in [0.4, 0.5) is 4.39 Å². The standard InChI is InChI=1S/C16H16FNO2S/c1-20-15(19)16(18,12-7-3-2-4-8-12)11-21-14-10-6-5-9-13(14)17/h2-10H,11,18H2,1H3. The number of carbonyl (C=O) groups excluding carboxylic acids is 1. The van der Waals surface area contributed by atoms with E-state index in [1.165, 1.54) is 24.9 Å². The summed E-state index contributed by atoms with van der Waals surface area (Å²) in [5.41, 5.74) is 5.58. The Bertz CT molecular complexity index is 621. The van der Waals surface area contributed by atoms with Crippen molar-refractivity contribution in [1.29, 1.82) is 0 Å². The van der Waals surface area contributed by atoms with Gasteiger partial charge in [0.05, 0.1) is 7.11 Å². The number of hydrogen-bond donors (Lipinski definition) is 1. The van der Waals surface area contributed by atoms with E-state index in [1.54, 1.807) is 42.5 Å². The third-order valence-electron chi connectivity index (χ3n) is 3.13. The van der Waals surface area contributed by atoms with E-state index < -0.39 is 11.5 Å². The van der Waals surface area contributed by atoms with E-state index in [0.29, 0.717) is 10.5 Å². The summed E-state index contributed by atoms with van der Waals surface area (Å²) in [4.78, 5) is 12.5. The molecule has 0 fully saturated rings. The van der Waals surface area contributed by atoms with Crippen LogP contribution in [-0.2, 0) is 15.1 Å². The number of carbonyl (C=O) groups is 1. The third-order valence-corrected chi connectivity index (χ3v) is 4.37. The number of hydrogen-bond acceptors (Lipinski definition) is 4. The lowest BCUT2D eigenvalue weighted by Crippen LogP contribution is -2.48. The minimum Gasteiger partial charge on any atom is -0.467 e. The SMILES string of the molecule is COC(=O)C(N)(CSc1ccccc1F)c1ccccc1. The minimum absolute atomic E-state index is 0.185. The molecule has 3 nitrogen and oxygen atoms in total. The average Bonchev–Trinajstić information content (AvgIpc) is 2.54. The van der Waals surface area contributed by atoms with E-state index in [-0.39, 0.29) is 11.6 Å². The van der Waals surface area contributed by atoms with Crippen molar-refractivity contribution < 1.29 is 13.9 Å². The van der Waals surface area contributed by atoms with E-state index in [2.05, 4.69) is 0 Å². The molecule has 0 aromatic heterocycles. The maximum absolute atomic E-state index is 13.7. The molecule has 110 valence electrons.